The van der Waals surface area contributed by atoms with Gasteiger partial charge in [-0.2, -0.15) is 0 Å². The number of hydrogen-bond acceptors (Lipinski definition) is 4. The van der Waals surface area contributed by atoms with Gasteiger partial charge in [0.25, 0.3) is 0 Å². The van der Waals surface area contributed by atoms with E-state index in [4.69, 9.17) is 23.2 Å². The van der Waals surface area contributed by atoms with Gasteiger partial charge in [-0.3, -0.25) is 9.69 Å². The lowest BCUT2D eigenvalue weighted by atomic mass is 9.86. The fourth-order valence-corrected chi connectivity index (χ4v) is 7.37. The van der Waals surface area contributed by atoms with Crippen molar-refractivity contribution in [2.24, 2.45) is 0 Å². The molecule has 5 rings (SSSR count). The maximum atomic E-state index is 13.7. The van der Waals surface area contributed by atoms with Gasteiger partial charge in [-0.05, 0) is 97.8 Å². The first-order chi connectivity index (χ1) is 19.7. The molecule has 0 aromatic heterocycles. The second kappa shape index (κ2) is 13.2. The number of benzene rings is 3. The molecular formula is C31H34Cl2FN3O3S. The molecule has 10 heteroatoms. The lowest BCUT2D eigenvalue weighted by Crippen LogP contribution is -2.36. The van der Waals surface area contributed by atoms with Gasteiger partial charge in [0.05, 0.1) is 27.0 Å². The Morgan fingerprint density at radius 3 is 2.44 bits per heavy atom. The van der Waals surface area contributed by atoms with E-state index in [-0.39, 0.29) is 33.3 Å². The number of hydrogen-bond donors (Lipinski definition) is 2. The highest BCUT2D eigenvalue weighted by Gasteiger charge is 2.27. The van der Waals surface area contributed by atoms with Gasteiger partial charge in [0.15, 0.2) is 0 Å². The third-order valence-corrected chi connectivity index (χ3v) is 10.1. The molecule has 2 N–H and O–H groups in total. The van der Waals surface area contributed by atoms with Gasteiger partial charge in [0, 0.05) is 13.0 Å². The molecule has 3 aromatic carbocycles. The smallest absolute Gasteiger partial charge is 0.241 e. The SMILES string of the molecule is O=C(C[C@@H](NS(=O)(=O)c1ccc(Cl)c(Cl)c1)c1ccc(F)cc1)N[C@@H]1CCCc2cc(CN3CCCCC3)ccc21. The monoisotopic (exact) mass is 617 g/mol. The Morgan fingerprint density at radius 2 is 1.71 bits per heavy atom. The number of nitrogens with one attached hydrogen (secondary N) is 2. The van der Waals surface area contributed by atoms with Crippen LogP contribution in [0.4, 0.5) is 4.39 Å². The molecule has 1 fully saturated rings. The molecular weight excluding hydrogens is 584 g/mol. The molecule has 1 aliphatic heterocycles. The number of nitrogens with zero attached hydrogens (tertiary/aromatic N) is 1. The average Bonchev–Trinajstić information content (AvgIpc) is 2.95. The maximum absolute atomic E-state index is 13.7. The van der Waals surface area contributed by atoms with Crippen molar-refractivity contribution in [3.8, 4) is 0 Å². The third-order valence-electron chi connectivity index (χ3n) is 7.87. The molecule has 6 nitrogen and oxygen atoms in total. The number of likely N-dealkylation sites (tertiary alicyclic amines) is 1. The first kappa shape index (κ1) is 30.0. The molecule has 1 amide bonds. The van der Waals surface area contributed by atoms with Crippen LogP contribution in [0.1, 0.15) is 72.9 Å². The Bertz CT molecular complexity index is 1490. The van der Waals surface area contributed by atoms with Crippen molar-refractivity contribution in [1.29, 1.82) is 0 Å². The van der Waals surface area contributed by atoms with E-state index >= 15 is 0 Å². The van der Waals surface area contributed by atoms with Crippen LogP contribution >= 0.6 is 23.2 Å². The number of carbonyl (C=O) groups excluding carboxylic acids is 1. The Balaban J connectivity index is 1.31. The number of sulfonamides is 1. The van der Waals surface area contributed by atoms with Crippen molar-refractivity contribution in [3.05, 3.63) is 98.8 Å². The van der Waals surface area contributed by atoms with E-state index < -0.39 is 21.9 Å². The molecule has 2 atom stereocenters. The molecule has 0 spiro atoms. The molecule has 0 bridgehead atoms. The van der Waals surface area contributed by atoms with E-state index in [2.05, 4.69) is 33.1 Å². The molecule has 1 heterocycles. The van der Waals surface area contributed by atoms with Gasteiger partial charge in [-0.25, -0.2) is 17.5 Å². The molecule has 0 radical (unpaired) electrons. The van der Waals surface area contributed by atoms with Crippen LogP contribution in [-0.4, -0.2) is 32.3 Å². The van der Waals surface area contributed by atoms with E-state index in [0.717, 1.165) is 44.5 Å². The molecule has 2 aliphatic rings. The topological polar surface area (TPSA) is 78.5 Å². The average molecular weight is 619 g/mol. The third kappa shape index (κ3) is 7.67. The van der Waals surface area contributed by atoms with E-state index in [1.807, 2.05) is 0 Å². The summed E-state index contributed by atoms with van der Waals surface area (Å²) in [7, 11) is -4.07. The van der Waals surface area contributed by atoms with Gasteiger partial charge >= 0.3 is 0 Å². The zero-order valence-corrected chi connectivity index (χ0v) is 25.0. The van der Waals surface area contributed by atoms with Gasteiger partial charge in [0.1, 0.15) is 5.82 Å². The highest BCUT2D eigenvalue weighted by molar-refractivity contribution is 7.89. The maximum Gasteiger partial charge on any atom is 0.241 e. The van der Waals surface area contributed by atoms with Gasteiger partial charge < -0.3 is 5.32 Å². The minimum absolute atomic E-state index is 0.0824. The summed E-state index contributed by atoms with van der Waals surface area (Å²) in [5, 5.41) is 3.46. The van der Waals surface area contributed by atoms with Crippen LogP contribution in [0.15, 0.2) is 65.6 Å². The Labute approximate surface area is 251 Å². The number of fused-ring (bicyclic) bond motifs is 1. The quantitative estimate of drug-likeness (QED) is 0.279. The van der Waals surface area contributed by atoms with Crippen LogP contribution in [0.2, 0.25) is 10.0 Å². The lowest BCUT2D eigenvalue weighted by Gasteiger charge is -2.29. The van der Waals surface area contributed by atoms with Crippen LogP contribution in [0.3, 0.4) is 0 Å². The van der Waals surface area contributed by atoms with E-state index in [1.165, 1.54) is 72.9 Å². The summed E-state index contributed by atoms with van der Waals surface area (Å²) >= 11 is 12.0. The molecule has 218 valence electrons. The highest BCUT2D eigenvalue weighted by atomic mass is 35.5. The van der Waals surface area contributed by atoms with Crippen molar-refractivity contribution in [1.82, 2.24) is 14.9 Å². The van der Waals surface area contributed by atoms with Crippen LogP contribution in [0.5, 0.6) is 0 Å². The fourth-order valence-electron chi connectivity index (χ4n) is 5.75. The molecule has 3 aromatic rings. The van der Waals surface area contributed by atoms with Gasteiger partial charge in [-0.1, -0.05) is 60.0 Å². The largest absolute Gasteiger partial charge is 0.349 e. The molecule has 1 saturated heterocycles. The predicted molar refractivity (Wildman–Crippen MR) is 160 cm³/mol. The van der Waals surface area contributed by atoms with E-state index in [1.54, 1.807) is 0 Å². The van der Waals surface area contributed by atoms with Crippen LogP contribution in [0.25, 0.3) is 0 Å². The van der Waals surface area contributed by atoms with E-state index in [0.29, 0.717) is 5.56 Å². The Morgan fingerprint density at radius 1 is 0.951 bits per heavy atom. The first-order valence-corrected chi connectivity index (χ1v) is 16.3. The van der Waals surface area contributed by atoms with Crippen LogP contribution in [0, 0.1) is 5.82 Å². The summed E-state index contributed by atoms with van der Waals surface area (Å²) in [6.45, 7) is 3.22. The first-order valence-electron chi connectivity index (χ1n) is 14.0. The van der Waals surface area contributed by atoms with Crippen LogP contribution < -0.4 is 10.0 Å². The summed E-state index contributed by atoms with van der Waals surface area (Å²) in [5.74, 6) is -0.755. The normalized spacial score (nSPS) is 18.5. The predicted octanol–water partition coefficient (Wildman–Crippen LogP) is 6.72. The number of rotatable bonds is 9. The molecule has 1 aliphatic carbocycles. The number of piperidine rings is 1. The minimum Gasteiger partial charge on any atom is -0.349 e. The zero-order chi connectivity index (χ0) is 29.0. The van der Waals surface area contributed by atoms with Crippen molar-refractivity contribution in [2.45, 2.75) is 68.5 Å². The molecule has 0 saturated carbocycles. The number of amides is 1. The summed E-state index contributed by atoms with van der Waals surface area (Å²) in [4.78, 5) is 15.8. The minimum atomic E-state index is -4.07. The summed E-state index contributed by atoms with van der Waals surface area (Å²) in [6, 6.07) is 14.9. The van der Waals surface area contributed by atoms with E-state index in [9.17, 15) is 17.6 Å². The lowest BCUT2D eigenvalue weighted by molar-refractivity contribution is -0.122. The van der Waals surface area contributed by atoms with Gasteiger partial charge in [0.2, 0.25) is 15.9 Å². The second-order valence-corrected chi connectivity index (χ2v) is 13.4. The number of aryl methyl sites for hydroxylation is 1. The zero-order valence-electron chi connectivity index (χ0n) is 22.7. The van der Waals surface area contributed by atoms with Crippen molar-refractivity contribution in [2.75, 3.05) is 13.1 Å². The van der Waals surface area contributed by atoms with Crippen molar-refractivity contribution >= 4 is 39.1 Å². The van der Waals surface area contributed by atoms with Crippen LogP contribution in [-0.2, 0) is 27.8 Å². The second-order valence-electron chi connectivity index (χ2n) is 10.9. The van der Waals surface area contributed by atoms with Gasteiger partial charge in [-0.15, -0.1) is 0 Å². The number of carbonyl (C=O) groups is 1. The number of halogens is 3. The summed E-state index contributed by atoms with van der Waals surface area (Å²) in [6.07, 6.45) is 6.38. The summed E-state index contributed by atoms with van der Waals surface area (Å²) in [5.41, 5.74) is 4.13. The summed E-state index contributed by atoms with van der Waals surface area (Å²) < 4.78 is 42.7. The highest BCUT2D eigenvalue weighted by Crippen LogP contribution is 2.32. The van der Waals surface area contributed by atoms with Crippen molar-refractivity contribution < 1.29 is 17.6 Å². The standard InChI is InChI=1S/C31H34Cl2FN3O3S/c32-27-14-12-25(18-28(27)33)41(39,40)36-30(22-8-10-24(34)11-9-22)19-31(38)35-29-6-4-5-23-17-21(7-13-26(23)29)20-37-15-2-1-3-16-37/h7-14,17-18,29-30,36H,1-6,15-16,19-20H2,(H,35,38)/t29-,30-/m1/s1. The molecule has 0 unspecified atom stereocenters. The fraction of sp³-hybridized carbons (Fsp3) is 0.387. The molecule has 41 heavy (non-hydrogen) atoms. The Hall–Kier alpha value is -2.49. The Kier molecular flexibility index (Phi) is 9.66. The van der Waals surface area contributed by atoms with Crippen molar-refractivity contribution in [3.63, 3.8) is 0 Å².